The van der Waals surface area contributed by atoms with Gasteiger partial charge < -0.3 is 14.8 Å². The fourth-order valence-corrected chi connectivity index (χ4v) is 3.35. The van der Waals surface area contributed by atoms with E-state index < -0.39 is 0 Å². The van der Waals surface area contributed by atoms with Crippen molar-refractivity contribution in [3.63, 3.8) is 0 Å². The third-order valence-electron chi connectivity index (χ3n) is 4.87. The average molecular weight is 441 g/mol. The molecule has 1 heterocycles. The molecule has 1 aromatic heterocycles. The van der Waals surface area contributed by atoms with Crippen LogP contribution in [0.1, 0.15) is 29.8 Å². The van der Waals surface area contributed by atoms with Gasteiger partial charge in [0.25, 0.3) is 0 Å². The van der Waals surface area contributed by atoms with Crippen molar-refractivity contribution in [2.75, 3.05) is 11.9 Å². The largest absolute Gasteiger partial charge is 0.471 e. The highest BCUT2D eigenvalue weighted by Crippen LogP contribution is 2.34. The number of hydrogen-bond acceptors (Lipinski definition) is 6. The van der Waals surface area contributed by atoms with Gasteiger partial charge in [-0.25, -0.2) is 14.8 Å². The molecule has 7 nitrogen and oxygen atoms in total. The fourth-order valence-electron chi connectivity index (χ4n) is 3.35. The number of fused-ring (bicyclic) bond motifs is 1. The Bertz CT molecular complexity index is 1300. The molecule has 1 amide bonds. The van der Waals surface area contributed by atoms with Crippen molar-refractivity contribution in [1.82, 2.24) is 9.97 Å². The highest BCUT2D eigenvalue weighted by atomic mass is 16.5. The Kier molecular flexibility index (Phi) is 6.59. The highest BCUT2D eigenvalue weighted by molar-refractivity contribution is 5.95. The van der Waals surface area contributed by atoms with Crippen LogP contribution in [0, 0.1) is 0 Å². The van der Waals surface area contributed by atoms with Gasteiger partial charge in [-0.3, -0.25) is 4.79 Å². The topological polar surface area (TPSA) is 90.4 Å². The standard InChI is InChI=1S/C26H23N3O4/c1-3-32-26(31)19-14-12-18(13-15-19)16-33-25-24(28-22-10-6-7-11-23(22)29-25)20-8-4-5-9-21(20)27-17(2)30/h4-15H,3,16H2,1-2H3,(H,27,30). The lowest BCUT2D eigenvalue weighted by molar-refractivity contribution is -0.114. The number of benzene rings is 3. The lowest BCUT2D eigenvalue weighted by Gasteiger charge is -2.14. The molecule has 166 valence electrons. The molecule has 0 aliphatic heterocycles. The molecule has 4 aromatic rings. The van der Waals surface area contributed by atoms with Crippen LogP contribution in [0.5, 0.6) is 5.88 Å². The van der Waals surface area contributed by atoms with E-state index in [1.54, 1.807) is 19.1 Å². The number of nitrogens with zero attached hydrogens (tertiary/aromatic N) is 2. The SMILES string of the molecule is CCOC(=O)c1ccc(COc2nc3ccccc3nc2-c2ccccc2NC(C)=O)cc1. The van der Waals surface area contributed by atoms with Gasteiger partial charge in [-0.2, -0.15) is 0 Å². The zero-order chi connectivity index (χ0) is 23.2. The van der Waals surface area contributed by atoms with Crippen molar-refractivity contribution >= 4 is 28.6 Å². The summed E-state index contributed by atoms with van der Waals surface area (Å²) >= 11 is 0. The Labute approximate surface area is 191 Å². The second kappa shape index (κ2) is 9.91. The zero-order valence-corrected chi connectivity index (χ0v) is 18.4. The predicted octanol–water partition coefficient (Wildman–Crippen LogP) is 5.01. The van der Waals surface area contributed by atoms with Crippen LogP contribution in [-0.2, 0) is 16.1 Å². The second-order valence-electron chi connectivity index (χ2n) is 7.30. The van der Waals surface area contributed by atoms with E-state index in [0.717, 1.165) is 11.1 Å². The maximum atomic E-state index is 11.9. The first kappa shape index (κ1) is 22.0. The Balaban J connectivity index is 1.68. The maximum Gasteiger partial charge on any atom is 0.338 e. The predicted molar refractivity (Wildman–Crippen MR) is 126 cm³/mol. The summed E-state index contributed by atoms with van der Waals surface area (Å²) in [5.41, 5.74) is 4.62. The Morgan fingerprint density at radius 2 is 1.55 bits per heavy atom. The van der Waals surface area contributed by atoms with Crippen molar-refractivity contribution in [1.29, 1.82) is 0 Å². The highest BCUT2D eigenvalue weighted by Gasteiger charge is 2.17. The van der Waals surface area contributed by atoms with Gasteiger partial charge in [-0.15, -0.1) is 0 Å². The van der Waals surface area contributed by atoms with Crippen molar-refractivity contribution in [2.24, 2.45) is 0 Å². The molecule has 0 saturated carbocycles. The average Bonchev–Trinajstić information content (AvgIpc) is 2.82. The molecular formula is C26H23N3O4. The van der Waals surface area contributed by atoms with Crippen molar-refractivity contribution in [3.8, 4) is 17.1 Å². The molecule has 1 N–H and O–H groups in total. The number of ether oxygens (including phenoxy) is 2. The number of carbonyl (C=O) groups is 2. The minimum Gasteiger partial charge on any atom is -0.471 e. The van der Waals surface area contributed by atoms with Gasteiger partial charge in [0.05, 0.1) is 28.9 Å². The minimum absolute atomic E-state index is 0.180. The van der Waals surface area contributed by atoms with Crippen molar-refractivity contribution in [3.05, 3.63) is 83.9 Å². The molecule has 0 unspecified atom stereocenters. The van der Waals surface area contributed by atoms with Gasteiger partial charge in [0, 0.05) is 12.5 Å². The summed E-state index contributed by atoms with van der Waals surface area (Å²) in [7, 11) is 0. The van der Waals surface area contributed by atoms with Gasteiger partial charge in [0.2, 0.25) is 11.8 Å². The van der Waals surface area contributed by atoms with Gasteiger partial charge in [-0.05, 0) is 42.8 Å². The first-order chi connectivity index (χ1) is 16.0. The van der Waals surface area contributed by atoms with Crippen LogP contribution < -0.4 is 10.1 Å². The van der Waals surface area contributed by atoms with E-state index in [9.17, 15) is 9.59 Å². The first-order valence-electron chi connectivity index (χ1n) is 10.6. The van der Waals surface area contributed by atoms with Crippen LogP contribution >= 0.6 is 0 Å². The Morgan fingerprint density at radius 1 is 0.879 bits per heavy atom. The quantitative estimate of drug-likeness (QED) is 0.406. The Morgan fingerprint density at radius 3 is 2.24 bits per heavy atom. The van der Waals surface area contributed by atoms with E-state index in [0.29, 0.717) is 40.5 Å². The molecule has 0 saturated heterocycles. The molecule has 0 fully saturated rings. The van der Waals surface area contributed by atoms with E-state index >= 15 is 0 Å². The lowest BCUT2D eigenvalue weighted by Crippen LogP contribution is -2.08. The van der Waals surface area contributed by atoms with E-state index in [2.05, 4.69) is 10.3 Å². The molecule has 33 heavy (non-hydrogen) atoms. The summed E-state index contributed by atoms with van der Waals surface area (Å²) in [6, 6.07) is 22.0. The molecule has 0 aliphatic rings. The number of anilines is 1. The van der Waals surface area contributed by atoms with Crippen LogP contribution in [0.25, 0.3) is 22.3 Å². The second-order valence-corrected chi connectivity index (χ2v) is 7.30. The van der Waals surface area contributed by atoms with E-state index in [-0.39, 0.29) is 18.5 Å². The van der Waals surface area contributed by atoms with Crippen LogP contribution in [0.15, 0.2) is 72.8 Å². The number of hydrogen-bond donors (Lipinski definition) is 1. The normalized spacial score (nSPS) is 10.6. The summed E-state index contributed by atoms with van der Waals surface area (Å²) in [6.45, 7) is 3.78. The molecule has 0 spiro atoms. The minimum atomic E-state index is -0.359. The number of carbonyl (C=O) groups excluding carboxylic acids is 2. The summed E-state index contributed by atoms with van der Waals surface area (Å²) in [6.07, 6.45) is 0. The third-order valence-corrected chi connectivity index (χ3v) is 4.87. The molecule has 0 bridgehead atoms. The number of esters is 1. The van der Waals surface area contributed by atoms with E-state index in [4.69, 9.17) is 14.5 Å². The van der Waals surface area contributed by atoms with E-state index in [1.807, 2.05) is 60.7 Å². The molecule has 4 rings (SSSR count). The van der Waals surface area contributed by atoms with Gasteiger partial charge in [-0.1, -0.05) is 42.5 Å². The number of para-hydroxylation sites is 3. The Hall–Kier alpha value is -4.26. The number of rotatable bonds is 7. The van der Waals surface area contributed by atoms with Gasteiger partial charge in [0.1, 0.15) is 12.3 Å². The fraction of sp³-hybridized carbons (Fsp3) is 0.154. The van der Waals surface area contributed by atoms with Crippen LogP contribution in [0.4, 0.5) is 5.69 Å². The third kappa shape index (κ3) is 5.15. The molecule has 7 heteroatoms. The number of aromatic nitrogens is 2. The van der Waals surface area contributed by atoms with Crippen LogP contribution in [-0.4, -0.2) is 28.5 Å². The monoisotopic (exact) mass is 441 g/mol. The van der Waals surface area contributed by atoms with E-state index in [1.165, 1.54) is 6.92 Å². The summed E-state index contributed by atoms with van der Waals surface area (Å²) in [4.78, 5) is 33.0. The van der Waals surface area contributed by atoms with Crippen LogP contribution in [0.3, 0.4) is 0 Å². The maximum absolute atomic E-state index is 11.9. The van der Waals surface area contributed by atoms with Crippen molar-refractivity contribution in [2.45, 2.75) is 20.5 Å². The number of nitrogens with one attached hydrogen (secondary N) is 1. The molecule has 0 radical (unpaired) electrons. The smallest absolute Gasteiger partial charge is 0.338 e. The van der Waals surface area contributed by atoms with Gasteiger partial charge in [0.15, 0.2) is 0 Å². The van der Waals surface area contributed by atoms with Gasteiger partial charge >= 0.3 is 5.97 Å². The molecular weight excluding hydrogens is 418 g/mol. The first-order valence-corrected chi connectivity index (χ1v) is 10.6. The molecule has 0 atom stereocenters. The summed E-state index contributed by atoms with van der Waals surface area (Å²) in [5.74, 6) is -0.191. The van der Waals surface area contributed by atoms with Crippen molar-refractivity contribution < 1.29 is 19.1 Å². The molecule has 0 aliphatic carbocycles. The number of amides is 1. The lowest BCUT2D eigenvalue weighted by atomic mass is 10.1. The summed E-state index contributed by atoms with van der Waals surface area (Å²) < 4.78 is 11.1. The van der Waals surface area contributed by atoms with Crippen LogP contribution in [0.2, 0.25) is 0 Å². The zero-order valence-electron chi connectivity index (χ0n) is 18.4. The molecule has 3 aromatic carbocycles. The summed E-state index contributed by atoms with van der Waals surface area (Å²) in [5, 5.41) is 2.84.